The molecule has 0 fully saturated rings. The molecule has 9 heteroatoms. The normalized spacial score (nSPS) is 14.5. The highest BCUT2D eigenvalue weighted by molar-refractivity contribution is 7.16. The molecule has 2 heterocycles. The smallest absolute Gasteiger partial charge is 0.338 e. The van der Waals surface area contributed by atoms with E-state index in [1.54, 1.807) is 30.3 Å². The monoisotopic (exact) mass is 499 g/mol. The number of amides is 3. The fraction of sp³-hybridized carbons (Fsp3) is 0.222. The Morgan fingerprint density at radius 1 is 1.00 bits per heavy atom. The Balaban J connectivity index is 1.25. The summed E-state index contributed by atoms with van der Waals surface area (Å²) in [5, 5.41) is 12.8. The van der Waals surface area contributed by atoms with E-state index in [9.17, 15) is 24.4 Å². The number of fused-ring (bicyclic) bond motifs is 2. The van der Waals surface area contributed by atoms with Gasteiger partial charge >= 0.3 is 5.97 Å². The van der Waals surface area contributed by atoms with Gasteiger partial charge in [-0.1, -0.05) is 24.6 Å². The zero-order valence-corrected chi connectivity index (χ0v) is 20.0. The van der Waals surface area contributed by atoms with Crippen LogP contribution in [0.1, 0.15) is 66.3 Å². The van der Waals surface area contributed by atoms with Crippen LogP contribution < -0.4 is 10.2 Å². The third-order valence-corrected chi connectivity index (χ3v) is 7.46. The van der Waals surface area contributed by atoms with Crippen LogP contribution in [0.15, 0.2) is 48.5 Å². The lowest BCUT2D eigenvalue weighted by atomic mass is 10.1. The van der Waals surface area contributed by atoms with E-state index in [4.69, 9.17) is 4.74 Å². The zero-order chi connectivity index (χ0) is 25.2. The van der Waals surface area contributed by atoms with Crippen molar-refractivity contribution in [2.75, 3.05) is 16.8 Å². The Kier molecular flexibility index (Phi) is 6.36. The molecule has 3 aromatic rings. The molecule has 5 rings (SSSR count). The van der Waals surface area contributed by atoms with Crippen LogP contribution in [0, 0.1) is 11.3 Å². The molecule has 8 nitrogen and oxygen atoms in total. The fourth-order valence-corrected chi connectivity index (χ4v) is 5.78. The number of carbonyl (C=O) groups is 4. The number of hydrogen-bond acceptors (Lipinski definition) is 7. The number of nitriles is 1. The van der Waals surface area contributed by atoms with E-state index in [2.05, 4.69) is 11.4 Å². The Morgan fingerprint density at radius 3 is 2.44 bits per heavy atom. The molecule has 0 bridgehead atoms. The summed E-state index contributed by atoms with van der Waals surface area (Å²) >= 11 is 1.41. The molecule has 36 heavy (non-hydrogen) atoms. The molecule has 1 aromatic heterocycles. The van der Waals surface area contributed by atoms with E-state index in [0.29, 0.717) is 21.7 Å². The molecule has 0 saturated carbocycles. The standard InChI is InChI=1S/C27H21N3O5S/c28-14-21-18-9-2-1-3-12-22(18)36-24(21)29-23(31)15-35-27(34)16-7-6-8-17(13-16)30-25(32)19-10-4-5-11-20(19)26(30)33/h4-8,10-11,13H,1-3,9,12,15H2,(H,29,31). The van der Waals surface area contributed by atoms with Gasteiger partial charge in [0.05, 0.1) is 27.9 Å². The Morgan fingerprint density at radius 2 is 1.72 bits per heavy atom. The van der Waals surface area contributed by atoms with Gasteiger partial charge in [-0.05, 0) is 61.6 Å². The van der Waals surface area contributed by atoms with Crippen molar-refractivity contribution in [2.24, 2.45) is 0 Å². The van der Waals surface area contributed by atoms with Crippen molar-refractivity contribution in [1.29, 1.82) is 5.26 Å². The number of aryl methyl sites for hydroxylation is 1. The lowest BCUT2D eigenvalue weighted by Crippen LogP contribution is -2.29. The van der Waals surface area contributed by atoms with Gasteiger partial charge in [-0.3, -0.25) is 14.4 Å². The fourth-order valence-electron chi connectivity index (χ4n) is 4.52. The summed E-state index contributed by atoms with van der Waals surface area (Å²) in [5.74, 6) is -2.26. The van der Waals surface area contributed by atoms with Gasteiger partial charge in [0.2, 0.25) is 0 Å². The first-order valence-electron chi connectivity index (χ1n) is 11.6. The summed E-state index contributed by atoms with van der Waals surface area (Å²) in [6.07, 6.45) is 4.91. The van der Waals surface area contributed by atoms with E-state index in [-0.39, 0.29) is 11.3 Å². The first-order chi connectivity index (χ1) is 17.5. The van der Waals surface area contributed by atoms with E-state index < -0.39 is 30.3 Å². The van der Waals surface area contributed by atoms with Crippen molar-refractivity contribution in [3.8, 4) is 6.07 Å². The van der Waals surface area contributed by atoms with Crippen LogP contribution in [-0.4, -0.2) is 30.3 Å². The number of anilines is 2. The minimum atomic E-state index is -0.772. The number of rotatable bonds is 5. The highest BCUT2D eigenvalue weighted by atomic mass is 32.1. The maximum Gasteiger partial charge on any atom is 0.338 e. The van der Waals surface area contributed by atoms with Crippen LogP contribution in [0.4, 0.5) is 10.7 Å². The average molecular weight is 500 g/mol. The number of carbonyl (C=O) groups excluding carboxylic acids is 4. The molecule has 180 valence electrons. The minimum absolute atomic E-state index is 0.0948. The number of imide groups is 1. The van der Waals surface area contributed by atoms with Crippen LogP contribution in [0.5, 0.6) is 0 Å². The second kappa shape index (κ2) is 9.76. The minimum Gasteiger partial charge on any atom is -0.452 e. The molecule has 1 aliphatic carbocycles. The van der Waals surface area contributed by atoms with Crippen LogP contribution in [0.3, 0.4) is 0 Å². The SMILES string of the molecule is N#Cc1c(NC(=O)COC(=O)c2cccc(N3C(=O)c4ccccc4C3=O)c2)sc2c1CCCCC2. The van der Waals surface area contributed by atoms with Crippen molar-refractivity contribution in [2.45, 2.75) is 32.1 Å². The topological polar surface area (TPSA) is 117 Å². The number of esters is 1. The molecule has 0 atom stereocenters. The molecular formula is C27H21N3O5S. The first-order valence-corrected chi connectivity index (χ1v) is 12.4. The Labute approximate surface area is 211 Å². The Hall–Kier alpha value is -4.29. The molecule has 0 saturated heterocycles. The summed E-state index contributed by atoms with van der Waals surface area (Å²) in [6.45, 7) is -0.538. The van der Waals surface area contributed by atoms with Crippen molar-refractivity contribution >= 4 is 45.7 Å². The van der Waals surface area contributed by atoms with Crippen LogP contribution in [-0.2, 0) is 22.4 Å². The maximum absolute atomic E-state index is 12.7. The molecule has 1 aliphatic heterocycles. The molecule has 2 aliphatic rings. The van der Waals surface area contributed by atoms with Crippen molar-refractivity contribution in [3.05, 3.63) is 81.2 Å². The van der Waals surface area contributed by atoms with Gasteiger partial charge in [-0.2, -0.15) is 5.26 Å². The third kappa shape index (κ3) is 4.27. The summed E-state index contributed by atoms with van der Waals surface area (Å²) in [4.78, 5) is 52.7. The molecule has 0 radical (unpaired) electrons. The lowest BCUT2D eigenvalue weighted by molar-refractivity contribution is -0.119. The number of nitrogens with zero attached hydrogens (tertiary/aromatic N) is 2. The highest BCUT2D eigenvalue weighted by Crippen LogP contribution is 2.37. The van der Waals surface area contributed by atoms with E-state index >= 15 is 0 Å². The highest BCUT2D eigenvalue weighted by Gasteiger charge is 2.36. The summed E-state index contributed by atoms with van der Waals surface area (Å²) in [7, 11) is 0. The van der Waals surface area contributed by atoms with Crippen molar-refractivity contribution < 1.29 is 23.9 Å². The molecule has 0 spiro atoms. The van der Waals surface area contributed by atoms with E-state index in [0.717, 1.165) is 47.4 Å². The number of thiophene rings is 1. The number of nitrogens with one attached hydrogen (secondary N) is 1. The van der Waals surface area contributed by atoms with Gasteiger partial charge < -0.3 is 10.1 Å². The third-order valence-electron chi connectivity index (χ3n) is 6.25. The first kappa shape index (κ1) is 23.5. The molecule has 1 N–H and O–H groups in total. The number of ether oxygens (including phenoxy) is 1. The quantitative estimate of drug-likeness (QED) is 0.314. The van der Waals surface area contributed by atoms with Crippen LogP contribution in [0.25, 0.3) is 0 Å². The van der Waals surface area contributed by atoms with Crippen molar-refractivity contribution in [1.82, 2.24) is 0 Å². The van der Waals surface area contributed by atoms with Crippen LogP contribution >= 0.6 is 11.3 Å². The van der Waals surface area contributed by atoms with Crippen molar-refractivity contribution in [3.63, 3.8) is 0 Å². The van der Waals surface area contributed by atoms with E-state index in [1.807, 2.05) is 0 Å². The predicted octanol–water partition coefficient (Wildman–Crippen LogP) is 4.48. The Bertz CT molecular complexity index is 1420. The second-order valence-corrected chi connectivity index (χ2v) is 9.65. The summed E-state index contributed by atoms with van der Waals surface area (Å²) in [5.41, 5.74) is 2.43. The largest absolute Gasteiger partial charge is 0.452 e. The number of benzene rings is 2. The van der Waals surface area contributed by atoms with Gasteiger partial charge in [-0.15, -0.1) is 11.3 Å². The zero-order valence-electron chi connectivity index (χ0n) is 19.2. The lowest BCUT2D eigenvalue weighted by Gasteiger charge is -2.14. The summed E-state index contributed by atoms with van der Waals surface area (Å²) < 4.78 is 5.17. The average Bonchev–Trinajstić information content (AvgIpc) is 3.23. The number of hydrogen-bond donors (Lipinski definition) is 1. The van der Waals surface area contributed by atoms with Gasteiger partial charge in [0.15, 0.2) is 6.61 Å². The van der Waals surface area contributed by atoms with Gasteiger partial charge in [-0.25, -0.2) is 9.69 Å². The predicted molar refractivity (Wildman–Crippen MR) is 133 cm³/mol. The summed E-state index contributed by atoms with van der Waals surface area (Å²) in [6, 6.07) is 14.7. The molecule has 2 aromatic carbocycles. The van der Waals surface area contributed by atoms with Gasteiger partial charge in [0, 0.05) is 4.88 Å². The van der Waals surface area contributed by atoms with E-state index in [1.165, 1.54) is 29.5 Å². The van der Waals surface area contributed by atoms with Gasteiger partial charge in [0.25, 0.3) is 17.7 Å². The molecule has 3 amide bonds. The molecule has 0 unspecified atom stereocenters. The van der Waals surface area contributed by atoms with Crippen LogP contribution in [0.2, 0.25) is 0 Å². The second-order valence-electron chi connectivity index (χ2n) is 8.55. The van der Waals surface area contributed by atoms with Gasteiger partial charge in [0.1, 0.15) is 11.1 Å². The molecular weight excluding hydrogens is 478 g/mol. The maximum atomic E-state index is 12.7.